The number of hydrogen-bond donors (Lipinski definition) is 0. The highest BCUT2D eigenvalue weighted by molar-refractivity contribution is 8.07. The van der Waals surface area contributed by atoms with Gasteiger partial charge in [-0.15, -0.1) is 0 Å². The lowest BCUT2D eigenvalue weighted by Crippen LogP contribution is -2.00. The molecule has 0 radical (unpaired) electrons. The maximum atomic E-state index is 13.5. The summed E-state index contributed by atoms with van der Waals surface area (Å²) in [6, 6.07) is 24.3. The van der Waals surface area contributed by atoms with E-state index in [2.05, 4.69) is 8.75 Å². The molecule has 0 aliphatic rings. The summed E-state index contributed by atoms with van der Waals surface area (Å²) in [7, 11) is -2.70. The summed E-state index contributed by atoms with van der Waals surface area (Å²) in [4.78, 5) is 5.61. The number of rotatable bonds is 4. The van der Waals surface area contributed by atoms with Gasteiger partial charge in [0.05, 0.1) is 9.79 Å². The van der Waals surface area contributed by atoms with E-state index in [4.69, 9.17) is 0 Å². The molecule has 0 atom stereocenters. The lowest BCUT2D eigenvalue weighted by Gasteiger charge is -2.10. The van der Waals surface area contributed by atoms with Gasteiger partial charge in [-0.05, 0) is 36.4 Å². The molecule has 0 N–H and O–H groups in total. The van der Waals surface area contributed by atoms with Gasteiger partial charge >= 0.3 is 0 Å². The number of aromatic nitrogens is 1. The van der Waals surface area contributed by atoms with Crippen LogP contribution in [0.5, 0.6) is 0 Å². The average molecular weight is 326 g/mol. The Kier molecular flexibility index (Phi) is 4.56. The first kappa shape index (κ1) is 14.8. The van der Waals surface area contributed by atoms with Crippen molar-refractivity contribution in [2.45, 2.75) is 14.8 Å². The molecular weight excluding hydrogens is 312 g/mol. The van der Waals surface area contributed by atoms with Gasteiger partial charge in [0, 0.05) is 18.1 Å². The standard InChI is InChI=1S/C17H14N2OS2/c20-22(15-9-3-1-4-10-15,16-11-5-2-6-12-16)19-21-17-13-7-8-14-18-17/h1-14H. The van der Waals surface area contributed by atoms with Crippen LogP contribution in [0, 0.1) is 0 Å². The molecule has 0 aliphatic carbocycles. The largest absolute Gasteiger partial charge is 0.248 e. The van der Waals surface area contributed by atoms with Crippen LogP contribution in [0.15, 0.2) is 104 Å². The van der Waals surface area contributed by atoms with Crippen LogP contribution in [0.3, 0.4) is 0 Å². The van der Waals surface area contributed by atoms with Crippen LogP contribution in [-0.2, 0) is 9.73 Å². The number of nitrogens with zero attached hydrogens (tertiary/aromatic N) is 2. The van der Waals surface area contributed by atoms with Crippen LogP contribution in [-0.4, -0.2) is 9.19 Å². The Hall–Kier alpha value is -2.11. The van der Waals surface area contributed by atoms with E-state index in [0.717, 1.165) is 17.0 Å². The molecule has 22 heavy (non-hydrogen) atoms. The minimum absolute atomic E-state index is 0.699. The highest BCUT2D eigenvalue weighted by atomic mass is 32.2. The third-order valence-electron chi connectivity index (χ3n) is 3.00. The third kappa shape index (κ3) is 3.21. The average Bonchev–Trinajstić information content (AvgIpc) is 2.62. The Labute approximate surface area is 134 Å². The molecule has 5 heteroatoms. The van der Waals surface area contributed by atoms with E-state index in [-0.39, 0.29) is 0 Å². The highest BCUT2D eigenvalue weighted by Crippen LogP contribution is 2.28. The highest BCUT2D eigenvalue weighted by Gasteiger charge is 2.15. The van der Waals surface area contributed by atoms with Crippen LogP contribution in [0.25, 0.3) is 0 Å². The molecule has 3 rings (SSSR count). The summed E-state index contributed by atoms with van der Waals surface area (Å²) in [5.41, 5.74) is 0. The van der Waals surface area contributed by atoms with E-state index >= 15 is 0 Å². The summed E-state index contributed by atoms with van der Waals surface area (Å²) in [5.74, 6) is 0. The van der Waals surface area contributed by atoms with Crippen molar-refractivity contribution >= 4 is 21.7 Å². The number of benzene rings is 2. The monoisotopic (exact) mass is 326 g/mol. The van der Waals surface area contributed by atoms with Crippen molar-refractivity contribution in [2.24, 2.45) is 3.77 Å². The molecular formula is C17H14N2OS2. The fourth-order valence-corrected chi connectivity index (χ4v) is 4.91. The molecule has 0 aliphatic heterocycles. The van der Waals surface area contributed by atoms with Gasteiger partial charge in [-0.25, -0.2) is 9.19 Å². The predicted molar refractivity (Wildman–Crippen MR) is 90.1 cm³/mol. The van der Waals surface area contributed by atoms with Gasteiger partial charge < -0.3 is 0 Å². The summed E-state index contributed by atoms with van der Waals surface area (Å²) in [5, 5.41) is 0.724. The lowest BCUT2D eigenvalue weighted by molar-refractivity contribution is 0.677. The summed E-state index contributed by atoms with van der Waals surface area (Å²) in [6.07, 6.45) is 1.70. The van der Waals surface area contributed by atoms with E-state index in [1.54, 1.807) is 6.20 Å². The van der Waals surface area contributed by atoms with Crippen molar-refractivity contribution in [3.05, 3.63) is 85.1 Å². The maximum Gasteiger partial charge on any atom is 0.119 e. The summed E-state index contributed by atoms with van der Waals surface area (Å²) < 4.78 is 18.0. The predicted octanol–water partition coefficient (Wildman–Crippen LogP) is 4.67. The van der Waals surface area contributed by atoms with E-state index < -0.39 is 9.73 Å². The quantitative estimate of drug-likeness (QED) is 0.654. The van der Waals surface area contributed by atoms with Gasteiger partial charge in [0.15, 0.2) is 0 Å². The summed E-state index contributed by atoms with van der Waals surface area (Å²) in [6.45, 7) is 0. The van der Waals surface area contributed by atoms with Crippen LogP contribution in [0.1, 0.15) is 0 Å². The Morgan fingerprint density at radius 1 is 0.773 bits per heavy atom. The topological polar surface area (TPSA) is 42.3 Å². The van der Waals surface area contributed by atoms with Gasteiger partial charge in [0.25, 0.3) is 0 Å². The van der Waals surface area contributed by atoms with E-state index in [0.29, 0.717) is 9.79 Å². The SMILES string of the molecule is O=S(=NSc1ccccn1)(c1ccccc1)c1ccccc1. The molecule has 0 saturated carbocycles. The van der Waals surface area contributed by atoms with Gasteiger partial charge in [0.1, 0.15) is 14.8 Å². The minimum atomic E-state index is -2.70. The van der Waals surface area contributed by atoms with Crippen LogP contribution < -0.4 is 0 Å². The molecule has 0 spiro atoms. The molecule has 0 bridgehead atoms. The first-order chi connectivity index (χ1) is 10.8. The Morgan fingerprint density at radius 3 is 1.82 bits per heavy atom. The van der Waals surface area contributed by atoms with Crippen molar-refractivity contribution in [3.8, 4) is 0 Å². The normalized spacial score (nSPS) is 11.1. The first-order valence-corrected chi connectivity index (χ1v) is 9.02. The Bertz CT molecular complexity index is 798. The van der Waals surface area contributed by atoms with Crippen LogP contribution in [0.2, 0.25) is 0 Å². The molecule has 1 aromatic heterocycles. The molecule has 1 heterocycles. The van der Waals surface area contributed by atoms with Crippen molar-refractivity contribution in [1.82, 2.24) is 4.98 Å². The summed E-state index contributed by atoms with van der Waals surface area (Å²) >= 11 is 1.16. The van der Waals surface area contributed by atoms with Gasteiger partial charge in [-0.2, -0.15) is 3.77 Å². The van der Waals surface area contributed by atoms with E-state index in [1.807, 2.05) is 78.9 Å². The third-order valence-corrected chi connectivity index (χ3v) is 6.39. The first-order valence-electron chi connectivity index (χ1n) is 6.74. The van der Waals surface area contributed by atoms with Crippen molar-refractivity contribution in [3.63, 3.8) is 0 Å². The second-order valence-corrected chi connectivity index (χ2v) is 7.68. The van der Waals surface area contributed by atoms with Gasteiger partial charge in [-0.1, -0.05) is 42.5 Å². The van der Waals surface area contributed by atoms with Gasteiger partial charge in [0.2, 0.25) is 0 Å². The Balaban J connectivity index is 2.10. The fraction of sp³-hybridized carbons (Fsp3) is 0. The Morgan fingerprint density at radius 2 is 1.32 bits per heavy atom. The number of hydrogen-bond acceptors (Lipinski definition) is 4. The molecule has 0 unspecified atom stereocenters. The zero-order valence-corrected chi connectivity index (χ0v) is 13.3. The molecule has 0 fully saturated rings. The molecule has 110 valence electrons. The maximum absolute atomic E-state index is 13.5. The van der Waals surface area contributed by atoms with Crippen molar-refractivity contribution < 1.29 is 4.21 Å². The zero-order chi connectivity index (χ0) is 15.3. The van der Waals surface area contributed by atoms with Crippen molar-refractivity contribution in [2.75, 3.05) is 0 Å². The molecule has 2 aromatic carbocycles. The van der Waals surface area contributed by atoms with E-state index in [1.165, 1.54) is 0 Å². The minimum Gasteiger partial charge on any atom is -0.248 e. The molecule has 3 aromatic rings. The van der Waals surface area contributed by atoms with E-state index in [9.17, 15) is 4.21 Å². The molecule has 3 nitrogen and oxygen atoms in total. The fourth-order valence-electron chi connectivity index (χ4n) is 1.92. The molecule has 0 amide bonds. The van der Waals surface area contributed by atoms with Crippen LogP contribution in [0.4, 0.5) is 0 Å². The second-order valence-electron chi connectivity index (χ2n) is 4.49. The smallest absolute Gasteiger partial charge is 0.119 e. The van der Waals surface area contributed by atoms with Crippen LogP contribution >= 0.6 is 11.9 Å². The number of pyridine rings is 1. The van der Waals surface area contributed by atoms with Gasteiger partial charge in [-0.3, -0.25) is 0 Å². The zero-order valence-electron chi connectivity index (χ0n) is 11.7. The molecule has 0 saturated heterocycles. The lowest BCUT2D eigenvalue weighted by atomic mass is 10.4. The second kappa shape index (κ2) is 6.77. The van der Waals surface area contributed by atoms with Crippen molar-refractivity contribution in [1.29, 1.82) is 0 Å².